The molecule has 0 spiro atoms. The van der Waals surface area contributed by atoms with E-state index in [0.29, 0.717) is 19.8 Å². The molecule has 0 bridgehead atoms. The molecule has 0 radical (unpaired) electrons. The van der Waals surface area contributed by atoms with Crippen molar-refractivity contribution in [1.29, 1.82) is 0 Å². The second-order valence-corrected chi connectivity index (χ2v) is 3.29. The number of carbonyl (C=O) groups is 1. The molecule has 4 heteroatoms. The van der Waals surface area contributed by atoms with Crippen molar-refractivity contribution in [3.63, 3.8) is 0 Å². The molecule has 1 aliphatic rings. The van der Waals surface area contributed by atoms with Crippen molar-refractivity contribution >= 4 is 11.6 Å². The van der Waals surface area contributed by atoms with E-state index in [2.05, 4.69) is 5.32 Å². The lowest BCUT2D eigenvalue weighted by Crippen LogP contribution is -2.39. The predicted octanol–water partition coefficient (Wildman–Crippen LogP) is 1.04. The van der Waals surface area contributed by atoms with E-state index >= 15 is 0 Å². The van der Waals surface area contributed by atoms with E-state index in [1.165, 1.54) is 0 Å². The van der Waals surface area contributed by atoms with Crippen molar-refractivity contribution in [1.82, 2.24) is 0 Å². The van der Waals surface area contributed by atoms with Crippen LogP contribution in [0.15, 0.2) is 30.3 Å². The monoisotopic (exact) mass is 207 g/mol. The van der Waals surface area contributed by atoms with Crippen LogP contribution >= 0.6 is 0 Å². The molecule has 1 saturated heterocycles. The van der Waals surface area contributed by atoms with Crippen LogP contribution < -0.4 is 5.32 Å². The van der Waals surface area contributed by atoms with Gasteiger partial charge < -0.3 is 14.8 Å². The second kappa shape index (κ2) is 4.91. The number of benzene rings is 1. The first-order valence-electron chi connectivity index (χ1n) is 4.91. The standard InChI is InChI=1S/C11H13NO3/c13-11(10-8-14-6-7-15-10)12-9-4-2-1-3-5-9/h1-5,10H,6-8H2,(H,12,13)/t10-/m1/s1. The van der Waals surface area contributed by atoms with Crippen molar-refractivity contribution < 1.29 is 14.3 Å². The molecule has 0 aliphatic carbocycles. The SMILES string of the molecule is O=C(Nc1ccccc1)[C@H]1COCCO1. The van der Waals surface area contributed by atoms with Gasteiger partial charge in [-0.3, -0.25) is 4.79 Å². The second-order valence-electron chi connectivity index (χ2n) is 3.29. The molecule has 1 fully saturated rings. The molecule has 1 aliphatic heterocycles. The molecule has 1 aromatic rings. The summed E-state index contributed by atoms with van der Waals surface area (Å²) in [6, 6.07) is 9.31. The third-order valence-electron chi connectivity index (χ3n) is 2.15. The first kappa shape index (κ1) is 10.1. The van der Waals surface area contributed by atoms with Crippen molar-refractivity contribution in [3.05, 3.63) is 30.3 Å². The lowest BCUT2D eigenvalue weighted by atomic mass is 10.3. The van der Waals surface area contributed by atoms with E-state index in [9.17, 15) is 4.79 Å². The molecule has 4 nitrogen and oxygen atoms in total. The largest absolute Gasteiger partial charge is 0.376 e. The van der Waals surface area contributed by atoms with Gasteiger partial charge in [0.05, 0.1) is 19.8 Å². The number of amides is 1. The summed E-state index contributed by atoms with van der Waals surface area (Å²) in [5.74, 6) is -0.152. The van der Waals surface area contributed by atoms with E-state index < -0.39 is 6.10 Å². The molecule has 1 amide bonds. The topological polar surface area (TPSA) is 47.6 Å². The van der Waals surface area contributed by atoms with Gasteiger partial charge in [0, 0.05) is 5.69 Å². The van der Waals surface area contributed by atoms with Gasteiger partial charge in [0.2, 0.25) is 0 Å². The first-order valence-corrected chi connectivity index (χ1v) is 4.91. The van der Waals surface area contributed by atoms with Crippen LogP contribution in [-0.4, -0.2) is 31.8 Å². The normalized spacial score (nSPS) is 20.9. The zero-order valence-corrected chi connectivity index (χ0v) is 8.31. The Balaban J connectivity index is 1.91. The fourth-order valence-electron chi connectivity index (χ4n) is 1.38. The lowest BCUT2D eigenvalue weighted by Gasteiger charge is -2.21. The van der Waals surface area contributed by atoms with E-state index in [-0.39, 0.29) is 5.91 Å². The molecule has 1 heterocycles. The zero-order chi connectivity index (χ0) is 10.5. The minimum Gasteiger partial charge on any atom is -0.376 e. The Kier molecular flexibility index (Phi) is 3.32. The van der Waals surface area contributed by atoms with Gasteiger partial charge in [-0.1, -0.05) is 18.2 Å². The van der Waals surface area contributed by atoms with Gasteiger partial charge in [0.25, 0.3) is 5.91 Å². The summed E-state index contributed by atoms with van der Waals surface area (Å²) in [5.41, 5.74) is 0.775. The summed E-state index contributed by atoms with van der Waals surface area (Å²) < 4.78 is 10.4. The van der Waals surface area contributed by atoms with Gasteiger partial charge in [-0.15, -0.1) is 0 Å². The van der Waals surface area contributed by atoms with Crippen LogP contribution in [0.3, 0.4) is 0 Å². The summed E-state index contributed by atoms with van der Waals surface area (Å²) in [6.07, 6.45) is -0.487. The van der Waals surface area contributed by atoms with Gasteiger partial charge in [0.15, 0.2) is 6.10 Å². The van der Waals surface area contributed by atoms with Crippen LogP contribution in [0.25, 0.3) is 0 Å². The van der Waals surface area contributed by atoms with Crippen LogP contribution in [-0.2, 0) is 14.3 Å². The van der Waals surface area contributed by atoms with Crippen molar-refractivity contribution in [2.24, 2.45) is 0 Å². The van der Waals surface area contributed by atoms with Gasteiger partial charge >= 0.3 is 0 Å². The van der Waals surface area contributed by atoms with E-state index in [1.807, 2.05) is 30.3 Å². The number of carbonyl (C=O) groups excluding carboxylic acids is 1. The maximum absolute atomic E-state index is 11.7. The highest BCUT2D eigenvalue weighted by molar-refractivity contribution is 5.94. The highest BCUT2D eigenvalue weighted by atomic mass is 16.6. The summed E-state index contributed by atoms with van der Waals surface area (Å²) in [7, 11) is 0. The maximum Gasteiger partial charge on any atom is 0.255 e. The summed E-state index contributed by atoms with van der Waals surface area (Å²) in [4.78, 5) is 11.7. The Morgan fingerprint density at radius 2 is 2.07 bits per heavy atom. The highest BCUT2D eigenvalue weighted by Gasteiger charge is 2.22. The molecule has 80 valence electrons. The van der Waals surface area contributed by atoms with Crippen LogP contribution in [0, 0.1) is 0 Å². The molecular formula is C11H13NO3. The number of para-hydroxylation sites is 1. The van der Waals surface area contributed by atoms with Gasteiger partial charge in [-0.2, -0.15) is 0 Å². The number of nitrogens with one attached hydrogen (secondary N) is 1. The predicted molar refractivity (Wildman–Crippen MR) is 55.6 cm³/mol. The Morgan fingerprint density at radius 1 is 1.27 bits per heavy atom. The Bertz CT molecular complexity index is 320. The van der Waals surface area contributed by atoms with Crippen LogP contribution in [0.1, 0.15) is 0 Å². The quantitative estimate of drug-likeness (QED) is 0.788. The Hall–Kier alpha value is -1.39. The zero-order valence-electron chi connectivity index (χ0n) is 8.31. The third-order valence-corrected chi connectivity index (χ3v) is 2.15. The molecule has 1 aromatic carbocycles. The summed E-state index contributed by atoms with van der Waals surface area (Å²) in [6.45, 7) is 1.38. The van der Waals surface area contributed by atoms with Crippen LogP contribution in [0.5, 0.6) is 0 Å². The molecule has 2 rings (SSSR count). The van der Waals surface area contributed by atoms with Crippen LogP contribution in [0.2, 0.25) is 0 Å². The smallest absolute Gasteiger partial charge is 0.255 e. The highest BCUT2D eigenvalue weighted by Crippen LogP contribution is 2.08. The number of anilines is 1. The van der Waals surface area contributed by atoms with Crippen molar-refractivity contribution in [2.45, 2.75) is 6.10 Å². The van der Waals surface area contributed by atoms with E-state index in [4.69, 9.17) is 9.47 Å². The Labute approximate surface area is 88.2 Å². The lowest BCUT2D eigenvalue weighted by molar-refractivity contribution is -0.142. The van der Waals surface area contributed by atoms with Gasteiger partial charge in [-0.25, -0.2) is 0 Å². The molecular weight excluding hydrogens is 194 g/mol. The third kappa shape index (κ3) is 2.78. The van der Waals surface area contributed by atoms with Crippen molar-refractivity contribution in [2.75, 3.05) is 25.1 Å². The molecule has 0 aromatic heterocycles. The first-order chi connectivity index (χ1) is 7.36. The summed E-state index contributed by atoms with van der Waals surface area (Å²) >= 11 is 0. The average Bonchev–Trinajstić information content (AvgIpc) is 2.31. The molecule has 0 unspecified atom stereocenters. The average molecular weight is 207 g/mol. The van der Waals surface area contributed by atoms with Crippen molar-refractivity contribution in [3.8, 4) is 0 Å². The summed E-state index contributed by atoms with van der Waals surface area (Å²) in [5, 5.41) is 2.77. The molecule has 0 saturated carbocycles. The molecule has 15 heavy (non-hydrogen) atoms. The fraction of sp³-hybridized carbons (Fsp3) is 0.364. The van der Waals surface area contributed by atoms with Gasteiger partial charge in [-0.05, 0) is 12.1 Å². The molecule has 1 atom stereocenters. The maximum atomic E-state index is 11.7. The minimum atomic E-state index is -0.487. The number of hydrogen-bond donors (Lipinski definition) is 1. The number of ether oxygens (including phenoxy) is 2. The van der Waals surface area contributed by atoms with E-state index in [0.717, 1.165) is 5.69 Å². The molecule has 1 N–H and O–H groups in total. The minimum absolute atomic E-state index is 0.152. The Morgan fingerprint density at radius 3 is 2.73 bits per heavy atom. The van der Waals surface area contributed by atoms with Gasteiger partial charge in [0.1, 0.15) is 0 Å². The fourth-order valence-corrected chi connectivity index (χ4v) is 1.38. The number of hydrogen-bond acceptors (Lipinski definition) is 3. The van der Waals surface area contributed by atoms with E-state index in [1.54, 1.807) is 0 Å². The van der Waals surface area contributed by atoms with Crippen LogP contribution in [0.4, 0.5) is 5.69 Å². The number of rotatable bonds is 2.